The van der Waals surface area contributed by atoms with Crippen LogP contribution in [0.5, 0.6) is 0 Å². The number of carboxylic acids is 1. The molecule has 0 atom stereocenters. The molecule has 0 saturated heterocycles. The Bertz CT molecular complexity index is 474. The normalized spacial score (nSPS) is 18.0. The second-order valence-corrected chi connectivity index (χ2v) is 5.68. The number of amides is 1. The molecule has 21 heavy (non-hydrogen) atoms. The van der Waals surface area contributed by atoms with E-state index in [1.807, 2.05) is 4.90 Å². The first-order valence-electron chi connectivity index (χ1n) is 7.50. The molecule has 5 heteroatoms. The standard InChI is InChI=1S/C16H22N2O3/c1-2-10-17(12-16(20)21)11-15(19)18(14-8-9-14)13-6-4-3-5-7-13/h1,6,14H,3-5,7-12H2,(H,20,21). The first kappa shape index (κ1) is 15.6. The molecular weight excluding hydrogens is 268 g/mol. The van der Waals surface area contributed by atoms with Gasteiger partial charge in [0.25, 0.3) is 0 Å². The lowest BCUT2D eigenvalue weighted by Crippen LogP contribution is -2.43. The Hall–Kier alpha value is -1.80. The maximum absolute atomic E-state index is 12.6. The van der Waals surface area contributed by atoms with Crippen LogP contribution in [0.2, 0.25) is 0 Å². The molecular formula is C16H22N2O3. The van der Waals surface area contributed by atoms with E-state index < -0.39 is 5.97 Å². The van der Waals surface area contributed by atoms with E-state index in [4.69, 9.17) is 11.5 Å². The molecule has 0 unspecified atom stereocenters. The monoisotopic (exact) mass is 290 g/mol. The van der Waals surface area contributed by atoms with Crippen molar-refractivity contribution in [1.29, 1.82) is 0 Å². The zero-order chi connectivity index (χ0) is 15.2. The van der Waals surface area contributed by atoms with E-state index in [0.717, 1.165) is 37.8 Å². The van der Waals surface area contributed by atoms with Gasteiger partial charge in [0, 0.05) is 11.7 Å². The van der Waals surface area contributed by atoms with Gasteiger partial charge in [0.15, 0.2) is 0 Å². The summed E-state index contributed by atoms with van der Waals surface area (Å²) in [7, 11) is 0. The average molecular weight is 290 g/mol. The summed E-state index contributed by atoms with van der Waals surface area (Å²) in [5.41, 5.74) is 1.12. The molecule has 0 spiro atoms. The van der Waals surface area contributed by atoms with Gasteiger partial charge in [-0.05, 0) is 38.5 Å². The quantitative estimate of drug-likeness (QED) is 0.721. The van der Waals surface area contributed by atoms with Crippen molar-refractivity contribution >= 4 is 11.9 Å². The molecule has 0 heterocycles. The highest BCUT2D eigenvalue weighted by atomic mass is 16.4. The second kappa shape index (κ2) is 7.28. The molecule has 1 amide bonds. The molecule has 114 valence electrons. The van der Waals surface area contributed by atoms with Crippen molar-refractivity contribution in [1.82, 2.24) is 9.80 Å². The summed E-state index contributed by atoms with van der Waals surface area (Å²) in [5.74, 6) is 1.43. The number of rotatable bonds is 7. The molecule has 0 aliphatic heterocycles. The first-order valence-corrected chi connectivity index (χ1v) is 7.50. The second-order valence-electron chi connectivity index (χ2n) is 5.68. The molecule has 2 aliphatic rings. The molecule has 0 bridgehead atoms. The van der Waals surface area contributed by atoms with Gasteiger partial charge >= 0.3 is 5.97 Å². The van der Waals surface area contributed by atoms with Crippen LogP contribution in [-0.2, 0) is 9.59 Å². The van der Waals surface area contributed by atoms with Gasteiger partial charge in [-0.2, -0.15) is 0 Å². The summed E-state index contributed by atoms with van der Waals surface area (Å²) in [6.07, 6.45) is 13.7. The van der Waals surface area contributed by atoms with E-state index in [1.165, 1.54) is 11.3 Å². The van der Waals surface area contributed by atoms with E-state index in [2.05, 4.69) is 12.0 Å². The Labute approximate surface area is 125 Å². The largest absolute Gasteiger partial charge is 0.480 e. The lowest BCUT2D eigenvalue weighted by Gasteiger charge is -2.29. The summed E-state index contributed by atoms with van der Waals surface area (Å²) in [6.45, 7) is 0.0490. The van der Waals surface area contributed by atoms with Crippen molar-refractivity contribution in [2.45, 2.75) is 44.6 Å². The van der Waals surface area contributed by atoms with Gasteiger partial charge in [0.1, 0.15) is 0 Å². The maximum Gasteiger partial charge on any atom is 0.317 e. The maximum atomic E-state index is 12.6. The van der Waals surface area contributed by atoms with Crippen molar-refractivity contribution in [3.8, 4) is 12.3 Å². The van der Waals surface area contributed by atoms with Crippen LogP contribution in [0.15, 0.2) is 11.8 Å². The highest BCUT2D eigenvalue weighted by Gasteiger charge is 2.35. The number of terminal acetylenes is 1. The predicted molar refractivity (Wildman–Crippen MR) is 79.3 cm³/mol. The lowest BCUT2D eigenvalue weighted by molar-refractivity contribution is -0.139. The molecule has 1 saturated carbocycles. The Kier molecular flexibility index (Phi) is 5.40. The molecule has 0 radical (unpaired) electrons. The number of hydrogen-bond donors (Lipinski definition) is 1. The minimum absolute atomic E-state index is 0.0258. The molecule has 1 N–H and O–H groups in total. The number of nitrogens with zero attached hydrogens (tertiary/aromatic N) is 2. The van der Waals surface area contributed by atoms with Crippen LogP contribution in [-0.4, -0.2) is 52.5 Å². The van der Waals surface area contributed by atoms with Gasteiger partial charge in [-0.3, -0.25) is 14.5 Å². The Balaban J connectivity index is 2.02. The third-order valence-corrected chi connectivity index (χ3v) is 3.79. The van der Waals surface area contributed by atoms with Gasteiger partial charge in [0.05, 0.1) is 19.6 Å². The predicted octanol–water partition coefficient (Wildman–Crippen LogP) is 1.46. The Morgan fingerprint density at radius 2 is 2.10 bits per heavy atom. The minimum atomic E-state index is -0.965. The number of hydrogen-bond acceptors (Lipinski definition) is 3. The fraction of sp³-hybridized carbons (Fsp3) is 0.625. The highest BCUT2D eigenvalue weighted by molar-refractivity contribution is 5.81. The molecule has 0 aromatic carbocycles. The summed E-state index contributed by atoms with van der Waals surface area (Å²) < 4.78 is 0. The molecule has 5 nitrogen and oxygen atoms in total. The van der Waals surface area contributed by atoms with Gasteiger partial charge < -0.3 is 10.0 Å². The smallest absolute Gasteiger partial charge is 0.317 e. The summed E-state index contributed by atoms with van der Waals surface area (Å²) in [4.78, 5) is 26.8. The van der Waals surface area contributed by atoms with Gasteiger partial charge in [-0.25, -0.2) is 0 Å². The minimum Gasteiger partial charge on any atom is -0.480 e. The zero-order valence-electron chi connectivity index (χ0n) is 12.3. The Morgan fingerprint density at radius 1 is 1.33 bits per heavy atom. The highest BCUT2D eigenvalue weighted by Crippen LogP contribution is 2.33. The van der Waals surface area contributed by atoms with Gasteiger partial charge in [-0.15, -0.1) is 6.42 Å². The fourth-order valence-electron chi connectivity index (χ4n) is 2.73. The van der Waals surface area contributed by atoms with E-state index in [9.17, 15) is 9.59 Å². The third-order valence-electron chi connectivity index (χ3n) is 3.79. The number of aliphatic carboxylic acids is 1. The number of allylic oxidation sites excluding steroid dienone is 2. The van der Waals surface area contributed by atoms with Gasteiger partial charge in [0.2, 0.25) is 5.91 Å². The van der Waals surface area contributed by atoms with Crippen LogP contribution < -0.4 is 0 Å². The van der Waals surface area contributed by atoms with E-state index >= 15 is 0 Å². The van der Waals surface area contributed by atoms with Crippen molar-refractivity contribution in [2.75, 3.05) is 19.6 Å². The SMILES string of the molecule is C#CCN(CC(=O)O)CC(=O)N(C1=CCCCC1)C1CC1. The summed E-state index contributed by atoms with van der Waals surface area (Å²) in [6, 6.07) is 0.305. The fourth-order valence-corrected chi connectivity index (χ4v) is 2.73. The van der Waals surface area contributed by atoms with Crippen molar-refractivity contribution in [2.24, 2.45) is 0 Å². The molecule has 0 aromatic heterocycles. The molecule has 1 fully saturated rings. The van der Waals surface area contributed by atoms with Crippen LogP contribution in [0, 0.1) is 12.3 Å². The molecule has 2 aliphatic carbocycles. The molecule has 0 aromatic rings. The van der Waals surface area contributed by atoms with Crippen LogP contribution in [0.3, 0.4) is 0 Å². The number of carbonyl (C=O) groups excluding carboxylic acids is 1. The number of carbonyl (C=O) groups is 2. The number of carboxylic acid groups (broad SMARTS) is 1. The summed E-state index contributed by atoms with van der Waals surface area (Å²) in [5, 5.41) is 8.89. The zero-order valence-corrected chi connectivity index (χ0v) is 12.3. The van der Waals surface area contributed by atoms with Crippen LogP contribution in [0.25, 0.3) is 0 Å². The van der Waals surface area contributed by atoms with Gasteiger partial charge in [-0.1, -0.05) is 12.0 Å². The van der Waals surface area contributed by atoms with Crippen molar-refractivity contribution < 1.29 is 14.7 Å². The summed E-state index contributed by atoms with van der Waals surface area (Å²) >= 11 is 0. The van der Waals surface area contributed by atoms with E-state index in [-0.39, 0.29) is 25.5 Å². The first-order chi connectivity index (χ1) is 10.1. The van der Waals surface area contributed by atoms with Crippen LogP contribution >= 0.6 is 0 Å². The van der Waals surface area contributed by atoms with E-state index in [1.54, 1.807) is 0 Å². The van der Waals surface area contributed by atoms with E-state index in [0.29, 0.717) is 6.04 Å². The van der Waals surface area contributed by atoms with Crippen molar-refractivity contribution in [3.05, 3.63) is 11.8 Å². The third kappa shape index (κ3) is 4.61. The topological polar surface area (TPSA) is 60.9 Å². The average Bonchev–Trinajstić information content (AvgIpc) is 3.24. The molecule has 2 rings (SSSR count). The van der Waals surface area contributed by atoms with Crippen LogP contribution in [0.1, 0.15) is 38.5 Å². The lowest BCUT2D eigenvalue weighted by atomic mass is 10.0. The van der Waals surface area contributed by atoms with Crippen LogP contribution in [0.4, 0.5) is 0 Å². The Morgan fingerprint density at radius 3 is 2.62 bits per heavy atom. The van der Waals surface area contributed by atoms with Crippen molar-refractivity contribution in [3.63, 3.8) is 0 Å².